The summed E-state index contributed by atoms with van der Waals surface area (Å²) in [5.74, 6) is 0.150. The number of carbonyl (C=O) groups is 2. The Balaban J connectivity index is 1.78. The van der Waals surface area contributed by atoms with Crippen LogP contribution in [0, 0.1) is 5.92 Å². The number of rotatable bonds is 4. The molecule has 22 heavy (non-hydrogen) atoms. The predicted octanol–water partition coefficient (Wildman–Crippen LogP) is 0.897. The first-order valence-electron chi connectivity index (χ1n) is 8.31. The summed E-state index contributed by atoms with van der Waals surface area (Å²) in [7, 11) is 0. The van der Waals surface area contributed by atoms with Crippen molar-refractivity contribution < 1.29 is 19.1 Å². The maximum atomic E-state index is 12.6. The second-order valence-corrected chi connectivity index (χ2v) is 6.36. The second kappa shape index (κ2) is 7.92. The van der Waals surface area contributed by atoms with Crippen LogP contribution in [0.5, 0.6) is 0 Å². The minimum Gasteiger partial charge on any atom is -0.465 e. The number of likely N-dealkylation sites (tertiary alicyclic amines) is 1. The Morgan fingerprint density at radius 2 is 1.73 bits per heavy atom. The highest BCUT2D eigenvalue weighted by atomic mass is 16.5. The van der Waals surface area contributed by atoms with Crippen molar-refractivity contribution in [3.63, 3.8) is 0 Å². The number of morpholine rings is 1. The number of ether oxygens (including phenoxy) is 2. The van der Waals surface area contributed by atoms with E-state index >= 15 is 0 Å². The zero-order chi connectivity index (χ0) is 16.1. The molecule has 2 aliphatic rings. The average Bonchev–Trinajstić information content (AvgIpc) is 2.46. The zero-order valence-electron chi connectivity index (χ0n) is 13.9. The highest BCUT2D eigenvalue weighted by molar-refractivity contribution is 5.79. The molecule has 0 aromatic rings. The molecule has 6 heteroatoms. The van der Waals surface area contributed by atoms with Crippen molar-refractivity contribution in [3.05, 3.63) is 0 Å². The number of nitrogens with zero attached hydrogens (tertiary/aromatic N) is 2. The topological polar surface area (TPSA) is 59.1 Å². The van der Waals surface area contributed by atoms with Gasteiger partial charge in [-0.25, -0.2) is 0 Å². The van der Waals surface area contributed by atoms with Crippen LogP contribution in [0.15, 0.2) is 0 Å². The van der Waals surface area contributed by atoms with Crippen LogP contribution in [0.2, 0.25) is 0 Å². The Morgan fingerprint density at radius 1 is 1.14 bits per heavy atom. The van der Waals surface area contributed by atoms with E-state index in [1.54, 1.807) is 0 Å². The molecule has 6 nitrogen and oxygen atoms in total. The molecule has 2 rings (SSSR count). The van der Waals surface area contributed by atoms with Crippen LogP contribution < -0.4 is 0 Å². The summed E-state index contributed by atoms with van der Waals surface area (Å²) in [6.45, 7) is 9.53. The van der Waals surface area contributed by atoms with Crippen LogP contribution in [0.1, 0.15) is 33.6 Å². The Labute approximate surface area is 132 Å². The zero-order valence-corrected chi connectivity index (χ0v) is 13.9. The van der Waals surface area contributed by atoms with Gasteiger partial charge in [-0.1, -0.05) is 0 Å². The molecule has 0 aliphatic carbocycles. The lowest BCUT2D eigenvalue weighted by molar-refractivity contribution is -0.149. The van der Waals surface area contributed by atoms with Gasteiger partial charge in [0.05, 0.1) is 25.4 Å². The molecule has 0 aromatic carbocycles. The minimum absolute atomic E-state index is 0.0796. The second-order valence-electron chi connectivity index (χ2n) is 6.36. The fourth-order valence-electron chi connectivity index (χ4n) is 3.34. The maximum absolute atomic E-state index is 12.6. The first kappa shape index (κ1) is 17.2. The smallest absolute Gasteiger partial charge is 0.320 e. The molecule has 0 saturated carbocycles. The first-order valence-corrected chi connectivity index (χ1v) is 8.31. The lowest BCUT2D eigenvalue weighted by Gasteiger charge is -2.39. The molecule has 0 spiro atoms. The number of hydrogen-bond donors (Lipinski definition) is 0. The Hall–Kier alpha value is -1.14. The molecule has 2 unspecified atom stereocenters. The molecule has 0 aromatic heterocycles. The number of hydrogen-bond acceptors (Lipinski definition) is 5. The number of amides is 1. The van der Waals surface area contributed by atoms with Crippen LogP contribution in [0.3, 0.4) is 0 Å². The SMILES string of the molecule is CCOC(=O)CN1CCC(C(=O)N2CC(C)OC(C)C2)CC1. The van der Waals surface area contributed by atoms with Gasteiger partial charge in [-0.2, -0.15) is 0 Å². The minimum atomic E-state index is -0.178. The molecule has 0 radical (unpaired) electrons. The van der Waals surface area contributed by atoms with Crippen molar-refractivity contribution >= 4 is 11.9 Å². The van der Waals surface area contributed by atoms with Gasteiger partial charge < -0.3 is 14.4 Å². The lowest BCUT2D eigenvalue weighted by Crippen LogP contribution is -2.51. The van der Waals surface area contributed by atoms with Crippen molar-refractivity contribution in [3.8, 4) is 0 Å². The molecule has 1 amide bonds. The summed E-state index contributed by atoms with van der Waals surface area (Å²) in [4.78, 5) is 28.2. The number of esters is 1. The fraction of sp³-hybridized carbons (Fsp3) is 0.875. The van der Waals surface area contributed by atoms with Gasteiger partial charge >= 0.3 is 5.97 Å². The monoisotopic (exact) mass is 312 g/mol. The Bertz CT molecular complexity index is 384. The van der Waals surface area contributed by atoms with Crippen LogP contribution in [0.4, 0.5) is 0 Å². The van der Waals surface area contributed by atoms with E-state index < -0.39 is 0 Å². The van der Waals surface area contributed by atoms with E-state index in [0.29, 0.717) is 26.2 Å². The van der Waals surface area contributed by atoms with Gasteiger partial charge in [0.25, 0.3) is 0 Å². The van der Waals surface area contributed by atoms with Crippen LogP contribution in [-0.4, -0.2) is 73.2 Å². The van der Waals surface area contributed by atoms with E-state index in [1.165, 1.54) is 0 Å². The van der Waals surface area contributed by atoms with Gasteiger partial charge in [0, 0.05) is 19.0 Å². The van der Waals surface area contributed by atoms with Gasteiger partial charge in [0.1, 0.15) is 0 Å². The summed E-state index contributed by atoms with van der Waals surface area (Å²) in [5, 5.41) is 0. The van der Waals surface area contributed by atoms with E-state index in [-0.39, 0.29) is 30.0 Å². The van der Waals surface area contributed by atoms with E-state index in [1.807, 2.05) is 25.7 Å². The van der Waals surface area contributed by atoms with E-state index in [9.17, 15) is 9.59 Å². The highest BCUT2D eigenvalue weighted by Crippen LogP contribution is 2.22. The van der Waals surface area contributed by atoms with E-state index in [4.69, 9.17) is 9.47 Å². The highest BCUT2D eigenvalue weighted by Gasteiger charge is 2.32. The van der Waals surface area contributed by atoms with Gasteiger partial charge in [-0.05, 0) is 46.7 Å². The third-order valence-corrected chi connectivity index (χ3v) is 4.33. The molecular formula is C16H28N2O4. The third kappa shape index (κ3) is 4.68. The van der Waals surface area contributed by atoms with Gasteiger partial charge in [-0.3, -0.25) is 14.5 Å². The normalized spacial score (nSPS) is 27.7. The van der Waals surface area contributed by atoms with Crippen LogP contribution in [-0.2, 0) is 19.1 Å². The Morgan fingerprint density at radius 3 is 2.27 bits per heavy atom. The van der Waals surface area contributed by atoms with Crippen molar-refractivity contribution in [1.82, 2.24) is 9.80 Å². The van der Waals surface area contributed by atoms with Crippen molar-refractivity contribution in [2.24, 2.45) is 5.92 Å². The summed E-state index contributed by atoms with van der Waals surface area (Å²) in [6, 6.07) is 0. The van der Waals surface area contributed by atoms with Gasteiger partial charge in [0.15, 0.2) is 0 Å². The molecular weight excluding hydrogens is 284 g/mol. The predicted molar refractivity (Wildman–Crippen MR) is 82.4 cm³/mol. The molecule has 2 aliphatic heterocycles. The summed E-state index contributed by atoms with van der Waals surface area (Å²) >= 11 is 0. The van der Waals surface area contributed by atoms with E-state index in [0.717, 1.165) is 25.9 Å². The summed E-state index contributed by atoms with van der Waals surface area (Å²) in [5.41, 5.74) is 0. The molecule has 2 heterocycles. The molecule has 0 N–H and O–H groups in total. The van der Waals surface area contributed by atoms with Crippen LogP contribution in [0.25, 0.3) is 0 Å². The molecule has 2 atom stereocenters. The molecule has 2 saturated heterocycles. The third-order valence-electron chi connectivity index (χ3n) is 4.33. The van der Waals surface area contributed by atoms with Crippen LogP contribution >= 0.6 is 0 Å². The standard InChI is InChI=1S/C16H28N2O4/c1-4-21-15(19)11-17-7-5-14(6-8-17)16(20)18-9-12(2)22-13(3)10-18/h12-14H,4-11H2,1-3H3. The molecule has 2 fully saturated rings. The number of carbonyl (C=O) groups excluding carboxylic acids is 2. The van der Waals surface area contributed by atoms with Crippen molar-refractivity contribution in [2.45, 2.75) is 45.8 Å². The number of piperidine rings is 1. The summed E-state index contributed by atoms with van der Waals surface area (Å²) in [6.07, 6.45) is 1.85. The fourth-order valence-corrected chi connectivity index (χ4v) is 3.34. The maximum Gasteiger partial charge on any atom is 0.320 e. The quantitative estimate of drug-likeness (QED) is 0.722. The molecule has 0 bridgehead atoms. The first-order chi connectivity index (χ1) is 10.5. The van der Waals surface area contributed by atoms with E-state index in [2.05, 4.69) is 4.90 Å². The van der Waals surface area contributed by atoms with Gasteiger partial charge in [0.2, 0.25) is 5.91 Å². The lowest BCUT2D eigenvalue weighted by atomic mass is 9.94. The Kier molecular flexibility index (Phi) is 6.20. The summed E-state index contributed by atoms with van der Waals surface area (Å²) < 4.78 is 10.7. The van der Waals surface area contributed by atoms with Crippen molar-refractivity contribution in [2.75, 3.05) is 39.3 Å². The van der Waals surface area contributed by atoms with Gasteiger partial charge in [-0.15, -0.1) is 0 Å². The van der Waals surface area contributed by atoms with Crippen molar-refractivity contribution in [1.29, 1.82) is 0 Å². The average molecular weight is 312 g/mol. The largest absolute Gasteiger partial charge is 0.465 e. The molecule has 126 valence electrons.